The molecule has 31 heavy (non-hydrogen) atoms. The minimum absolute atomic E-state index is 0.198. The molecule has 0 bridgehead atoms. The molecule has 4 rings (SSSR count). The van der Waals surface area contributed by atoms with Gasteiger partial charge in [-0.3, -0.25) is 0 Å². The SMILES string of the molecule is C/C=C(/c1cc(Nc2ncc(N3CCN(CC)CC3)cc2F)ncc1S)C1CCCC1. The Morgan fingerprint density at radius 3 is 2.55 bits per heavy atom. The molecule has 2 aromatic rings. The van der Waals surface area contributed by atoms with Crippen LogP contribution in [-0.4, -0.2) is 47.6 Å². The van der Waals surface area contributed by atoms with E-state index in [2.05, 4.69) is 57.6 Å². The predicted octanol–water partition coefficient (Wildman–Crippen LogP) is 5.38. The molecule has 0 amide bonds. The van der Waals surface area contributed by atoms with E-state index in [-0.39, 0.29) is 11.6 Å². The molecule has 0 spiro atoms. The van der Waals surface area contributed by atoms with E-state index in [0.29, 0.717) is 11.7 Å². The van der Waals surface area contributed by atoms with E-state index >= 15 is 0 Å². The zero-order valence-electron chi connectivity index (χ0n) is 18.4. The maximum Gasteiger partial charge on any atom is 0.167 e. The smallest absolute Gasteiger partial charge is 0.167 e. The summed E-state index contributed by atoms with van der Waals surface area (Å²) < 4.78 is 14.9. The second-order valence-electron chi connectivity index (χ2n) is 8.38. The van der Waals surface area contributed by atoms with E-state index in [9.17, 15) is 4.39 Å². The summed E-state index contributed by atoms with van der Waals surface area (Å²) >= 11 is 4.63. The fraction of sp³-hybridized carbons (Fsp3) is 0.500. The van der Waals surface area contributed by atoms with Crippen molar-refractivity contribution in [2.24, 2.45) is 5.92 Å². The molecule has 0 unspecified atom stereocenters. The molecule has 0 radical (unpaired) electrons. The van der Waals surface area contributed by atoms with Crippen LogP contribution in [0.15, 0.2) is 35.5 Å². The van der Waals surface area contributed by atoms with Gasteiger partial charge in [0.25, 0.3) is 0 Å². The molecular weight excluding hydrogens is 409 g/mol. The summed E-state index contributed by atoms with van der Waals surface area (Å²) in [5, 5.41) is 3.07. The van der Waals surface area contributed by atoms with Crippen LogP contribution >= 0.6 is 12.6 Å². The number of thiol groups is 1. The van der Waals surface area contributed by atoms with Gasteiger partial charge in [-0.05, 0) is 49.4 Å². The molecule has 1 aliphatic carbocycles. The number of piperazine rings is 1. The number of hydrogen-bond acceptors (Lipinski definition) is 6. The van der Waals surface area contributed by atoms with Gasteiger partial charge in [0.1, 0.15) is 5.82 Å². The number of hydrogen-bond donors (Lipinski definition) is 2. The largest absolute Gasteiger partial charge is 0.368 e. The summed E-state index contributed by atoms with van der Waals surface area (Å²) in [5.74, 6) is 0.981. The lowest BCUT2D eigenvalue weighted by Gasteiger charge is -2.35. The third-order valence-electron chi connectivity index (χ3n) is 6.56. The summed E-state index contributed by atoms with van der Waals surface area (Å²) in [6, 6.07) is 3.54. The molecule has 166 valence electrons. The number of halogens is 1. The first-order chi connectivity index (χ1) is 15.1. The van der Waals surface area contributed by atoms with Crippen molar-refractivity contribution < 1.29 is 4.39 Å². The van der Waals surface area contributed by atoms with E-state index in [4.69, 9.17) is 0 Å². The van der Waals surface area contributed by atoms with Crippen LogP contribution in [-0.2, 0) is 0 Å². The summed E-state index contributed by atoms with van der Waals surface area (Å²) in [7, 11) is 0. The van der Waals surface area contributed by atoms with Gasteiger partial charge < -0.3 is 15.1 Å². The Hall–Kier alpha value is -2.12. The number of nitrogens with one attached hydrogen (secondary N) is 1. The van der Waals surface area contributed by atoms with E-state index in [1.165, 1.54) is 31.3 Å². The molecule has 2 fully saturated rings. The van der Waals surface area contributed by atoms with Crippen molar-refractivity contribution in [2.75, 3.05) is 42.9 Å². The van der Waals surface area contributed by atoms with Gasteiger partial charge in [-0.25, -0.2) is 14.4 Å². The Labute approximate surface area is 190 Å². The molecule has 0 aromatic carbocycles. The Kier molecular flexibility index (Phi) is 7.13. The molecule has 1 N–H and O–H groups in total. The number of anilines is 3. The number of likely N-dealkylation sites (N-methyl/N-ethyl adjacent to an activating group) is 1. The Morgan fingerprint density at radius 2 is 1.90 bits per heavy atom. The first kappa shape index (κ1) is 22.1. The molecule has 5 nitrogen and oxygen atoms in total. The highest BCUT2D eigenvalue weighted by molar-refractivity contribution is 7.80. The lowest BCUT2D eigenvalue weighted by Crippen LogP contribution is -2.46. The van der Waals surface area contributed by atoms with Crippen LogP contribution in [0.1, 0.15) is 45.1 Å². The van der Waals surface area contributed by atoms with E-state index in [0.717, 1.165) is 48.9 Å². The Bertz CT molecular complexity index is 934. The van der Waals surface area contributed by atoms with Crippen LogP contribution < -0.4 is 10.2 Å². The maximum absolute atomic E-state index is 14.9. The van der Waals surface area contributed by atoms with Crippen LogP contribution in [0, 0.1) is 11.7 Å². The minimum Gasteiger partial charge on any atom is -0.368 e. The fourth-order valence-electron chi connectivity index (χ4n) is 4.73. The Morgan fingerprint density at radius 1 is 1.16 bits per heavy atom. The molecule has 1 aliphatic heterocycles. The van der Waals surface area contributed by atoms with Gasteiger partial charge >= 0.3 is 0 Å². The third kappa shape index (κ3) is 5.04. The van der Waals surface area contributed by atoms with Gasteiger partial charge in [0.05, 0.1) is 11.9 Å². The van der Waals surface area contributed by atoms with Crippen molar-refractivity contribution in [1.82, 2.24) is 14.9 Å². The first-order valence-corrected chi connectivity index (χ1v) is 11.8. The number of aromatic nitrogens is 2. The van der Waals surface area contributed by atoms with Gasteiger partial charge in [-0.1, -0.05) is 25.8 Å². The average Bonchev–Trinajstić information content (AvgIpc) is 3.32. The average molecular weight is 442 g/mol. The Balaban J connectivity index is 1.50. The molecule has 0 atom stereocenters. The monoisotopic (exact) mass is 441 g/mol. The van der Waals surface area contributed by atoms with Crippen molar-refractivity contribution in [3.63, 3.8) is 0 Å². The minimum atomic E-state index is -0.365. The lowest BCUT2D eigenvalue weighted by molar-refractivity contribution is 0.271. The number of allylic oxidation sites excluding steroid dienone is 2. The summed E-state index contributed by atoms with van der Waals surface area (Å²) in [5.41, 5.74) is 3.21. The molecule has 1 saturated carbocycles. The van der Waals surface area contributed by atoms with Crippen molar-refractivity contribution in [3.8, 4) is 0 Å². The lowest BCUT2D eigenvalue weighted by atomic mass is 9.91. The summed E-state index contributed by atoms with van der Waals surface area (Å²) in [6.45, 7) is 9.08. The van der Waals surface area contributed by atoms with E-state index < -0.39 is 0 Å². The molecule has 7 heteroatoms. The highest BCUT2D eigenvalue weighted by atomic mass is 32.1. The standard InChI is InChI=1S/C24H32FN5S/c1-3-19(17-7-5-6-8-17)20-14-23(26-16-22(20)31)28-24-21(25)13-18(15-27-24)30-11-9-29(4-2)10-12-30/h3,13-17,31H,4-12H2,1-2H3,(H,26,27,28)/b19-3+. The van der Waals surface area contributed by atoms with Crippen molar-refractivity contribution in [2.45, 2.75) is 44.4 Å². The molecule has 2 aliphatic rings. The fourth-order valence-corrected chi connectivity index (χ4v) is 4.98. The second kappa shape index (κ2) is 10.0. The van der Waals surface area contributed by atoms with Crippen molar-refractivity contribution >= 4 is 35.5 Å². The zero-order valence-corrected chi connectivity index (χ0v) is 19.3. The highest BCUT2D eigenvalue weighted by Gasteiger charge is 2.22. The molecule has 2 aromatic heterocycles. The quantitative estimate of drug-likeness (QED) is 0.589. The van der Waals surface area contributed by atoms with E-state index in [1.807, 2.05) is 6.07 Å². The summed E-state index contributed by atoms with van der Waals surface area (Å²) in [4.78, 5) is 14.2. The summed E-state index contributed by atoms with van der Waals surface area (Å²) in [6.07, 6.45) is 10.6. The van der Waals surface area contributed by atoms with Crippen LogP contribution in [0.25, 0.3) is 5.57 Å². The van der Waals surface area contributed by atoms with Gasteiger partial charge in [-0.15, -0.1) is 12.6 Å². The van der Waals surface area contributed by atoms with Crippen molar-refractivity contribution in [1.29, 1.82) is 0 Å². The zero-order chi connectivity index (χ0) is 21.8. The molecule has 3 heterocycles. The van der Waals surface area contributed by atoms with Crippen LogP contribution in [0.2, 0.25) is 0 Å². The van der Waals surface area contributed by atoms with Gasteiger partial charge in [-0.2, -0.15) is 0 Å². The number of rotatable bonds is 6. The van der Waals surface area contributed by atoms with E-state index in [1.54, 1.807) is 18.5 Å². The predicted molar refractivity (Wildman–Crippen MR) is 129 cm³/mol. The van der Waals surface area contributed by atoms with Gasteiger partial charge in [0.15, 0.2) is 11.6 Å². The topological polar surface area (TPSA) is 44.3 Å². The number of nitrogens with zero attached hydrogens (tertiary/aromatic N) is 4. The van der Waals surface area contributed by atoms with Crippen LogP contribution in [0.3, 0.4) is 0 Å². The third-order valence-corrected chi connectivity index (χ3v) is 6.91. The van der Waals surface area contributed by atoms with Crippen LogP contribution in [0.5, 0.6) is 0 Å². The van der Waals surface area contributed by atoms with Gasteiger partial charge in [0, 0.05) is 43.3 Å². The van der Waals surface area contributed by atoms with Crippen molar-refractivity contribution in [3.05, 3.63) is 42.0 Å². The van der Waals surface area contributed by atoms with Crippen LogP contribution in [0.4, 0.5) is 21.7 Å². The molecule has 1 saturated heterocycles. The maximum atomic E-state index is 14.9. The van der Waals surface area contributed by atoms with Gasteiger partial charge in [0.2, 0.25) is 0 Å². The number of pyridine rings is 2. The molecular formula is C24H32FN5S. The first-order valence-electron chi connectivity index (χ1n) is 11.3. The second-order valence-corrected chi connectivity index (χ2v) is 8.86. The highest BCUT2D eigenvalue weighted by Crippen LogP contribution is 2.39. The normalized spacial score (nSPS) is 18.6.